The summed E-state index contributed by atoms with van der Waals surface area (Å²) in [5.74, 6) is -0.419. The zero-order valence-electron chi connectivity index (χ0n) is 15.3. The van der Waals surface area contributed by atoms with Crippen LogP contribution >= 0.6 is 0 Å². The summed E-state index contributed by atoms with van der Waals surface area (Å²) >= 11 is 0. The molecule has 0 bridgehead atoms. The summed E-state index contributed by atoms with van der Waals surface area (Å²) in [6.07, 6.45) is 0.502. The molecular weight excluding hydrogens is 373 g/mol. The topological polar surface area (TPSA) is 83.4 Å². The molecular formula is C21H16FN5O2. The molecule has 0 aliphatic carbocycles. The van der Waals surface area contributed by atoms with Crippen LogP contribution in [0.2, 0.25) is 0 Å². The molecule has 29 heavy (non-hydrogen) atoms. The maximum atomic E-state index is 14.2. The number of hydrogen-bond acceptors (Lipinski definition) is 4. The van der Waals surface area contributed by atoms with Crippen LogP contribution in [0.1, 0.15) is 21.6 Å². The van der Waals surface area contributed by atoms with E-state index < -0.39 is 11.5 Å². The van der Waals surface area contributed by atoms with Gasteiger partial charge in [-0.3, -0.25) is 4.79 Å². The minimum Gasteiger partial charge on any atom is -0.334 e. The molecule has 7 nitrogen and oxygen atoms in total. The smallest absolute Gasteiger partial charge is 0.334 e. The number of benzene rings is 2. The third-order valence-electron chi connectivity index (χ3n) is 5.09. The molecule has 3 heterocycles. The first-order valence-corrected chi connectivity index (χ1v) is 9.22. The van der Waals surface area contributed by atoms with E-state index in [0.29, 0.717) is 30.7 Å². The lowest BCUT2D eigenvalue weighted by Crippen LogP contribution is -2.38. The van der Waals surface area contributed by atoms with Crippen LogP contribution in [0.4, 0.5) is 4.39 Å². The quantitative estimate of drug-likeness (QED) is 0.571. The van der Waals surface area contributed by atoms with Crippen LogP contribution in [0.15, 0.2) is 59.4 Å². The molecule has 2 aromatic carbocycles. The predicted octanol–water partition coefficient (Wildman–Crippen LogP) is 2.42. The highest BCUT2D eigenvalue weighted by Crippen LogP contribution is 2.24. The van der Waals surface area contributed by atoms with Crippen LogP contribution < -0.4 is 5.69 Å². The van der Waals surface area contributed by atoms with Crippen molar-refractivity contribution < 1.29 is 9.18 Å². The van der Waals surface area contributed by atoms with Crippen LogP contribution in [0, 0.1) is 5.82 Å². The van der Waals surface area contributed by atoms with Gasteiger partial charge < -0.3 is 9.88 Å². The van der Waals surface area contributed by atoms with Gasteiger partial charge in [0.2, 0.25) is 0 Å². The van der Waals surface area contributed by atoms with E-state index in [1.807, 2.05) is 18.2 Å². The van der Waals surface area contributed by atoms with E-state index >= 15 is 0 Å². The fraction of sp³-hybridized carbons (Fsp3) is 0.143. The number of amides is 1. The van der Waals surface area contributed by atoms with E-state index in [-0.39, 0.29) is 17.3 Å². The number of nitrogens with one attached hydrogen (secondary N) is 1. The highest BCUT2D eigenvalue weighted by Gasteiger charge is 2.26. The summed E-state index contributed by atoms with van der Waals surface area (Å²) in [4.78, 5) is 34.3. The molecule has 0 saturated heterocycles. The third-order valence-corrected chi connectivity index (χ3v) is 5.09. The van der Waals surface area contributed by atoms with Crippen molar-refractivity contribution in [2.45, 2.75) is 13.0 Å². The fourth-order valence-electron chi connectivity index (χ4n) is 3.63. The number of nitrogens with zero attached hydrogens (tertiary/aromatic N) is 4. The van der Waals surface area contributed by atoms with Crippen molar-refractivity contribution >= 4 is 11.6 Å². The molecule has 0 radical (unpaired) electrons. The third kappa shape index (κ3) is 2.89. The lowest BCUT2D eigenvalue weighted by Gasteiger charge is -2.28. The Morgan fingerprint density at radius 3 is 2.62 bits per heavy atom. The van der Waals surface area contributed by atoms with E-state index in [0.717, 1.165) is 15.8 Å². The average Bonchev–Trinajstić information content (AvgIpc) is 3.20. The van der Waals surface area contributed by atoms with Gasteiger partial charge in [-0.2, -0.15) is 4.52 Å². The Morgan fingerprint density at radius 1 is 1.07 bits per heavy atom. The molecule has 144 valence electrons. The Labute approximate surface area is 164 Å². The van der Waals surface area contributed by atoms with Gasteiger partial charge in [0.05, 0.1) is 12.1 Å². The van der Waals surface area contributed by atoms with Gasteiger partial charge in [-0.05, 0) is 24.3 Å². The SMILES string of the molecule is O=C(c1ccccc1)N1CCc2[nH]c(=O)n3nc(-c4ccccc4F)nc3c2C1. The van der Waals surface area contributed by atoms with E-state index in [2.05, 4.69) is 15.1 Å². The standard InChI is InChI=1S/C21H16FN5O2/c22-16-9-5-4-8-14(16)18-24-19-15-12-26(20(28)13-6-2-1-3-7-13)11-10-17(15)23-21(29)27(19)25-18/h1-9H,10-12H2,(H,23,29). The number of rotatable bonds is 2. The van der Waals surface area contributed by atoms with Gasteiger partial charge in [0, 0.05) is 29.8 Å². The molecule has 0 atom stereocenters. The van der Waals surface area contributed by atoms with Crippen LogP contribution in [0.5, 0.6) is 0 Å². The van der Waals surface area contributed by atoms with Crippen molar-refractivity contribution in [1.29, 1.82) is 0 Å². The van der Waals surface area contributed by atoms with Crippen molar-refractivity contribution in [3.63, 3.8) is 0 Å². The molecule has 4 aromatic rings. The molecule has 0 spiro atoms. The maximum absolute atomic E-state index is 14.2. The van der Waals surface area contributed by atoms with E-state index in [4.69, 9.17) is 0 Å². The van der Waals surface area contributed by atoms with Crippen molar-refractivity contribution in [1.82, 2.24) is 24.5 Å². The van der Waals surface area contributed by atoms with Gasteiger partial charge in [0.1, 0.15) is 5.82 Å². The summed E-state index contributed by atoms with van der Waals surface area (Å²) in [5, 5.41) is 4.20. The highest BCUT2D eigenvalue weighted by molar-refractivity contribution is 5.94. The van der Waals surface area contributed by atoms with Gasteiger partial charge in [-0.1, -0.05) is 30.3 Å². The molecule has 1 N–H and O–H groups in total. The first kappa shape index (κ1) is 17.3. The molecule has 1 aliphatic heterocycles. The minimum absolute atomic E-state index is 0.0885. The number of carbonyl (C=O) groups is 1. The summed E-state index contributed by atoms with van der Waals surface area (Å²) in [6.45, 7) is 0.778. The number of halogens is 1. The van der Waals surface area contributed by atoms with E-state index in [1.165, 1.54) is 6.07 Å². The lowest BCUT2D eigenvalue weighted by molar-refractivity contribution is 0.0734. The Hall–Kier alpha value is -3.81. The molecule has 2 aromatic heterocycles. The van der Waals surface area contributed by atoms with Gasteiger partial charge in [-0.15, -0.1) is 5.10 Å². The second-order valence-corrected chi connectivity index (χ2v) is 6.88. The number of carbonyl (C=O) groups excluding carboxylic acids is 1. The Morgan fingerprint density at radius 2 is 1.83 bits per heavy atom. The van der Waals surface area contributed by atoms with Crippen LogP contribution in [0.25, 0.3) is 17.0 Å². The Kier molecular flexibility index (Phi) is 3.97. The maximum Gasteiger partial charge on any atom is 0.348 e. The zero-order chi connectivity index (χ0) is 20.0. The first-order valence-electron chi connectivity index (χ1n) is 9.22. The normalized spacial score (nSPS) is 13.5. The van der Waals surface area contributed by atoms with Gasteiger partial charge in [0.15, 0.2) is 11.5 Å². The average molecular weight is 389 g/mol. The summed E-state index contributed by atoms with van der Waals surface area (Å²) < 4.78 is 15.3. The van der Waals surface area contributed by atoms with Crippen molar-refractivity contribution in [2.24, 2.45) is 0 Å². The second-order valence-electron chi connectivity index (χ2n) is 6.88. The predicted molar refractivity (Wildman–Crippen MR) is 104 cm³/mol. The molecule has 8 heteroatoms. The van der Waals surface area contributed by atoms with E-state index in [9.17, 15) is 14.0 Å². The highest BCUT2D eigenvalue weighted by atomic mass is 19.1. The minimum atomic E-state index is -0.463. The van der Waals surface area contributed by atoms with Crippen LogP contribution in [-0.2, 0) is 13.0 Å². The molecule has 1 aliphatic rings. The van der Waals surface area contributed by atoms with Crippen molar-refractivity contribution in [2.75, 3.05) is 6.54 Å². The molecule has 0 fully saturated rings. The number of fused-ring (bicyclic) bond motifs is 3. The summed E-state index contributed by atoms with van der Waals surface area (Å²) in [7, 11) is 0. The summed E-state index contributed by atoms with van der Waals surface area (Å²) in [5.41, 5.74) is 2.17. The molecule has 5 rings (SSSR count). The molecule has 1 amide bonds. The summed E-state index contributed by atoms with van der Waals surface area (Å²) in [6, 6.07) is 15.2. The first-order chi connectivity index (χ1) is 14.1. The zero-order valence-corrected chi connectivity index (χ0v) is 15.3. The number of aromatic nitrogens is 4. The number of H-pyrrole nitrogens is 1. The van der Waals surface area contributed by atoms with Crippen LogP contribution in [-0.4, -0.2) is 36.9 Å². The van der Waals surface area contributed by atoms with Crippen LogP contribution in [0.3, 0.4) is 0 Å². The fourth-order valence-corrected chi connectivity index (χ4v) is 3.63. The Balaban J connectivity index is 1.59. The monoisotopic (exact) mass is 389 g/mol. The van der Waals surface area contributed by atoms with Crippen molar-refractivity contribution in [3.05, 3.63) is 87.7 Å². The lowest BCUT2D eigenvalue weighted by atomic mass is 10.1. The van der Waals surface area contributed by atoms with Gasteiger partial charge in [0.25, 0.3) is 5.91 Å². The molecule has 0 unspecified atom stereocenters. The number of aromatic amines is 1. The number of hydrogen-bond donors (Lipinski definition) is 1. The largest absolute Gasteiger partial charge is 0.348 e. The molecule has 0 saturated carbocycles. The van der Waals surface area contributed by atoms with Gasteiger partial charge in [-0.25, -0.2) is 14.2 Å². The Bertz CT molecular complexity index is 1300. The second kappa shape index (κ2) is 6.66. The van der Waals surface area contributed by atoms with Gasteiger partial charge >= 0.3 is 5.69 Å². The van der Waals surface area contributed by atoms with E-state index in [1.54, 1.807) is 35.2 Å². The van der Waals surface area contributed by atoms with Crippen molar-refractivity contribution in [3.8, 4) is 11.4 Å².